The monoisotopic (exact) mass is 361 g/mol. The molecule has 1 aromatic carbocycles. The summed E-state index contributed by atoms with van der Waals surface area (Å²) in [5, 5.41) is 19.1. The van der Waals surface area contributed by atoms with Gasteiger partial charge in [-0.2, -0.15) is 0 Å². The summed E-state index contributed by atoms with van der Waals surface area (Å²) in [5.41, 5.74) is -1.38. The summed E-state index contributed by atoms with van der Waals surface area (Å²) in [6.07, 6.45) is 0.0272. The Morgan fingerprint density at radius 3 is 2.45 bits per heavy atom. The quantitative estimate of drug-likeness (QED) is 0.845. The van der Waals surface area contributed by atoms with Crippen LogP contribution < -0.4 is 0 Å². The van der Waals surface area contributed by atoms with E-state index in [9.17, 15) is 14.7 Å². The first-order valence-electron chi connectivity index (χ1n) is 6.04. The van der Waals surface area contributed by atoms with Gasteiger partial charge in [0.25, 0.3) is 5.91 Å². The van der Waals surface area contributed by atoms with Crippen LogP contribution in [0.15, 0.2) is 22.7 Å². The van der Waals surface area contributed by atoms with E-state index in [1.54, 1.807) is 18.2 Å². The molecule has 5 nitrogen and oxygen atoms in total. The summed E-state index contributed by atoms with van der Waals surface area (Å²) in [7, 11) is 0. The standard InChI is InChI=1S/C13H13BrClNO4/c14-9-3-1-2-8(10(9)15)11(17)16-6-4-13(20,5-7-16)12(18)19/h1-3,20H,4-7H2,(H,18,19). The number of hydrogen-bond acceptors (Lipinski definition) is 3. The number of halogens is 2. The van der Waals surface area contributed by atoms with E-state index in [1.165, 1.54) is 4.90 Å². The number of carboxylic acid groups (broad SMARTS) is 1. The molecule has 1 aromatic rings. The molecule has 0 aromatic heterocycles. The van der Waals surface area contributed by atoms with Crippen molar-refractivity contribution in [2.75, 3.05) is 13.1 Å². The number of aliphatic hydroxyl groups is 1. The van der Waals surface area contributed by atoms with Crippen LogP contribution in [0.3, 0.4) is 0 Å². The Morgan fingerprint density at radius 1 is 1.30 bits per heavy atom. The molecule has 0 radical (unpaired) electrons. The van der Waals surface area contributed by atoms with Crippen molar-refractivity contribution < 1.29 is 19.8 Å². The highest BCUT2D eigenvalue weighted by Gasteiger charge is 2.40. The average molecular weight is 363 g/mol. The molecule has 1 heterocycles. The third kappa shape index (κ3) is 2.82. The number of aliphatic carboxylic acids is 1. The molecule has 2 rings (SSSR count). The Morgan fingerprint density at radius 2 is 1.90 bits per heavy atom. The number of carboxylic acids is 1. The number of benzene rings is 1. The van der Waals surface area contributed by atoms with Crippen molar-refractivity contribution in [1.82, 2.24) is 4.90 Å². The summed E-state index contributed by atoms with van der Waals surface area (Å²) >= 11 is 9.33. The van der Waals surface area contributed by atoms with Gasteiger partial charge >= 0.3 is 5.97 Å². The van der Waals surface area contributed by atoms with E-state index in [0.717, 1.165) is 0 Å². The summed E-state index contributed by atoms with van der Waals surface area (Å²) in [6, 6.07) is 5.06. The molecule has 2 N–H and O–H groups in total. The van der Waals surface area contributed by atoms with E-state index < -0.39 is 11.6 Å². The van der Waals surface area contributed by atoms with E-state index in [-0.39, 0.29) is 31.8 Å². The Balaban J connectivity index is 2.13. The molecule has 1 amide bonds. The largest absolute Gasteiger partial charge is 0.479 e. The third-order valence-corrected chi connectivity index (χ3v) is 4.75. The minimum Gasteiger partial charge on any atom is -0.479 e. The van der Waals surface area contributed by atoms with Crippen LogP contribution in [0.4, 0.5) is 0 Å². The van der Waals surface area contributed by atoms with Gasteiger partial charge in [-0.3, -0.25) is 4.79 Å². The Hall–Kier alpha value is -1.11. The summed E-state index contributed by atoms with van der Waals surface area (Å²) in [5.74, 6) is -1.51. The highest BCUT2D eigenvalue weighted by Crippen LogP contribution is 2.29. The maximum Gasteiger partial charge on any atom is 0.335 e. The number of rotatable bonds is 2. The van der Waals surface area contributed by atoms with Crippen molar-refractivity contribution in [1.29, 1.82) is 0 Å². The number of piperidine rings is 1. The lowest BCUT2D eigenvalue weighted by Crippen LogP contribution is -2.50. The van der Waals surface area contributed by atoms with E-state index in [1.807, 2.05) is 0 Å². The van der Waals surface area contributed by atoms with E-state index in [4.69, 9.17) is 16.7 Å². The number of carbonyl (C=O) groups is 2. The summed E-state index contributed by atoms with van der Waals surface area (Å²) in [6.45, 7) is 0.370. The van der Waals surface area contributed by atoms with E-state index in [0.29, 0.717) is 15.1 Å². The third-order valence-electron chi connectivity index (χ3n) is 3.46. The lowest BCUT2D eigenvalue weighted by Gasteiger charge is -2.35. The predicted octanol–water partition coefficient (Wildman–Crippen LogP) is 2.15. The molecule has 1 fully saturated rings. The smallest absolute Gasteiger partial charge is 0.335 e. The fourth-order valence-electron chi connectivity index (χ4n) is 2.13. The first-order chi connectivity index (χ1) is 9.35. The highest BCUT2D eigenvalue weighted by molar-refractivity contribution is 9.10. The van der Waals surface area contributed by atoms with Gasteiger partial charge in [-0.1, -0.05) is 17.7 Å². The molecule has 0 atom stereocenters. The molecule has 1 aliphatic rings. The summed E-state index contributed by atoms with van der Waals surface area (Å²) < 4.78 is 0.629. The number of nitrogens with zero attached hydrogens (tertiary/aromatic N) is 1. The first-order valence-corrected chi connectivity index (χ1v) is 7.21. The van der Waals surface area contributed by atoms with Gasteiger partial charge in [-0.25, -0.2) is 4.79 Å². The predicted molar refractivity (Wildman–Crippen MR) is 76.9 cm³/mol. The van der Waals surface area contributed by atoms with Crippen LogP contribution in [0.5, 0.6) is 0 Å². The molecule has 1 saturated heterocycles. The maximum atomic E-state index is 12.3. The van der Waals surface area contributed by atoms with Crippen LogP contribution in [-0.2, 0) is 4.79 Å². The molecule has 7 heteroatoms. The van der Waals surface area contributed by atoms with Crippen LogP contribution >= 0.6 is 27.5 Å². The minimum absolute atomic E-state index is 0.0136. The van der Waals surface area contributed by atoms with Crippen LogP contribution in [-0.4, -0.2) is 45.7 Å². The molecule has 0 spiro atoms. The van der Waals surface area contributed by atoms with Crippen molar-refractivity contribution >= 4 is 39.4 Å². The van der Waals surface area contributed by atoms with Crippen LogP contribution in [0, 0.1) is 0 Å². The van der Waals surface area contributed by atoms with Gasteiger partial charge in [-0.05, 0) is 28.1 Å². The van der Waals surface area contributed by atoms with Gasteiger partial charge < -0.3 is 15.1 Å². The molecular formula is C13H13BrClNO4. The molecule has 108 valence electrons. The first kappa shape index (κ1) is 15.3. The highest BCUT2D eigenvalue weighted by atomic mass is 79.9. The number of amides is 1. The van der Waals surface area contributed by atoms with Crippen LogP contribution in [0.1, 0.15) is 23.2 Å². The lowest BCUT2D eigenvalue weighted by atomic mass is 9.91. The second-order valence-corrected chi connectivity index (χ2v) is 5.96. The average Bonchev–Trinajstić information content (AvgIpc) is 2.42. The fraction of sp³-hybridized carbons (Fsp3) is 0.385. The topological polar surface area (TPSA) is 77.8 Å². The molecule has 0 bridgehead atoms. The Kier molecular flexibility index (Phi) is 4.36. The van der Waals surface area contributed by atoms with E-state index >= 15 is 0 Å². The normalized spacial score (nSPS) is 17.9. The Labute approximate surface area is 129 Å². The SMILES string of the molecule is O=C(c1cccc(Br)c1Cl)N1CCC(O)(C(=O)O)CC1. The van der Waals surface area contributed by atoms with Crippen molar-refractivity contribution in [2.45, 2.75) is 18.4 Å². The zero-order valence-electron chi connectivity index (χ0n) is 10.5. The van der Waals surface area contributed by atoms with Gasteiger partial charge in [0, 0.05) is 30.4 Å². The molecule has 0 saturated carbocycles. The summed E-state index contributed by atoms with van der Waals surface area (Å²) in [4.78, 5) is 24.8. The van der Waals surface area contributed by atoms with Gasteiger partial charge in [0.15, 0.2) is 5.60 Å². The molecule has 0 aliphatic carbocycles. The number of likely N-dealkylation sites (tertiary alicyclic amines) is 1. The number of carbonyl (C=O) groups excluding carboxylic acids is 1. The van der Waals surface area contributed by atoms with Gasteiger partial charge in [0.2, 0.25) is 0 Å². The molecule has 0 unspecified atom stereocenters. The number of hydrogen-bond donors (Lipinski definition) is 2. The van der Waals surface area contributed by atoms with Gasteiger partial charge in [-0.15, -0.1) is 0 Å². The van der Waals surface area contributed by atoms with Crippen molar-refractivity contribution in [3.63, 3.8) is 0 Å². The minimum atomic E-state index is -1.74. The molecule has 20 heavy (non-hydrogen) atoms. The maximum absolute atomic E-state index is 12.3. The van der Waals surface area contributed by atoms with Crippen LogP contribution in [0.25, 0.3) is 0 Å². The molecular weight excluding hydrogens is 350 g/mol. The lowest BCUT2D eigenvalue weighted by molar-refractivity contribution is -0.162. The van der Waals surface area contributed by atoms with Crippen molar-refractivity contribution in [3.8, 4) is 0 Å². The second-order valence-electron chi connectivity index (χ2n) is 4.73. The van der Waals surface area contributed by atoms with Crippen molar-refractivity contribution in [2.24, 2.45) is 0 Å². The van der Waals surface area contributed by atoms with Gasteiger partial charge in [0.1, 0.15) is 0 Å². The molecule has 1 aliphatic heterocycles. The van der Waals surface area contributed by atoms with Crippen LogP contribution in [0.2, 0.25) is 5.02 Å². The second kappa shape index (κ2) is 5.71. The zero-order chi connectivity index (χ0) is 14.9. The van der Waals surface area contributed by atoms with Gasteiger partial charge in [0.05, 0.1) is 10.6 Å². The fourth-order valence-corrected chi connectivity index (χ4v) is 2.71. The van der Waals surface area contributed by atoms with E-state index in [2.05, 4.69) is 15.9 Å². The zero-order valence-corrected chi connectivity index (χ0v) is 12.8. The Bertz CT molecular complexity index is 555. The van der Waals surface area contributed by atoms with Crippen molar-refractivity contribution in [3.05, 3.63) is 33.3 Å².